The summed E-state index contributed by atoms with van der Waals surface area (Å²) in [6.07, 6.45) is 6.03. The van der Waals surface area contributed by atoms with Crippen LogP contribution in [0.5, 0.6) is 0 Å². The summed E-state index contributed by atoms with van der Waals surface area (Å²) < 4.78 is 1.95. The predicted molar refractivity (Wildman–Crippen MR) is 65.3 cm³/mol. The Morgan fingerprint density at radius 1 is 1.53 bits per heavy atom. The molecule has 0 spiro atoms. The molecule has 88 valence electrons. The zero-order valence-corrected chi connectivity index (χ0v) is 9.60. The molecule has 4 heteroatoms. The number of nitrogens with zero attached hydrogens (tertiary/aromatic N) is 2. The van der Waals surface area contributed by atoms with Gasteiger partial charge in [-0.3, -0.25) is 9.20 Å². The second-order valence-electron chi connectivity index (χ2n) is 4.50. The van der Waals surface area contributed by atoms with Crippen LogP contribution in [0.25, 0.3) is 5.52 Å². The van der Waals surface area contributed by atoms with Crippen LogP contribution in [-0.2, 0) is 6.42 Å². The van der Waals surface area contributed by atoms with E-state index in [1.165, 1.54) is 12.8 Å². The van der Waals surface area contributed by atoms with E-state index in [-0.39, 0.29) is 0 Å². The monoisotopic (exact) mass is 229 g/mol. The Bertz CT molecular complexity index is 541. The molecule has 0 aromatic carbocycles. The average Bonchev–Trinajstić information content (AvgIpc) is 2.99. The third-order valence-corrected chi connectivity index (χ3v) is 3.37. The number of hydrogen-bond donors (Lipinski definition) is 1. The summed E-state index contributed by atoms with van der Waals surface area (Å²) in [6, 6.07) is 6.19. The lowest BCUT2D eigenvalue weighted by Crippen LogP contribution is -2.24. The normalized spacial score (nSPS) is 19.9. The van der Waals surface area contributed by atoms with E-state index in [2.05, 4.69) is 10.3 Å². The number of aromatic nitrogens is 2. The highest BCUT2D eigenvalue weighted by molar-refractivity contribution is 5.74. The van der Waals surface area contributed by atoms with Crippen molar-refractivity contribution in [3.8, 4) is 0 Å². The number of nitrogens with one attached hydrogen (secondary N) is 1. The predicted octanol–water partition coefficient (Wildman–Crippen LogP) is 1.44. The minimum Gasteiger partial charge on any atom is -0.314 e. The van der Waals surface area contributed by atoms with Crippen LogP contribution in [0, 0.1) is 0 Å². The summed E-state index contributed by atoms with van der Waals surface area (Å²) in [4.78, 5) is 15.5. The van der Waals surface area contributed by atoms with Crippen LogP contribution in [0.15, 0.2) is 24.4 Å². The number of carbonyl (C=O) groups is 1. The standard InChI is InChI=1S/C13H15N3O/c17-9-12-5-1-4-11-8-15-13(16(11)12)7-10-3-2-6-14-10/h1,4-5,8-10,14H,2-3,6-7H2. The van der Waals surface area contributed by atoms with E-state index in [9.17, 15) is 4.79 Å². The molecule has 2 aromatic rings. The highest BCUT2D eigenvalue weighted by Gasteiger charge is 2.17. The minimum absolute atomic E-state index is 0.500. The Hall–Kier alpha value is -1.68. The summed E-state index contributed by atoms with van der Waals surface area (Å²) in [6.45, 7) is 1.09. The first-order valence-corrected chi connectivity index (χ1v) is 6.02. The summed E-state index contributed by atoms with van der Waals surface area (Å²) in [7, 11) is 0. The van der Waals surface area contributed by atoms with E-state index in [4.69, 9.17) is 0 Å². The molecule has 17 heavy (non-hydrogen) atoms. The molecule has 0 amide bonds. The van der Waals surface area contributed by atoms with Gasteiger partial charge in [-0.1, -0.05) is 6.07 Å². The Morgan fingerprint density at radius 2 is 2.47 bits per heavy atom. The zero-order valence-electron chi connectivity index (χ0n) is 9.60. The van der Waals surface area contributed by atoms with E-state index in [0.717, 1.165) is 30.6 Å². The van der Waals surface area contributed by atoms with E-state index >= 15 is 0 Å². The Labute approximate surface area is 99.7 Å². The number of rotatable bonds is 3. The van der Waals surface area contributed by atoms with Crippen LogP contribution in [0.4, 0.5) is 0 Å². The number of imidazole rings is 1. The van der Waals surface area contributed by atoms with E-state index in [0.29, 0.717) is 11.7 Å². The number of carbonyl (C=O) groups excluding carboxylic acids is 1. The molecule has 4 nitrogen and oxygen atoms in total. The molecule has 2 aromatic heterocycles. The van der Waals surface area contributed by atoms with Crippen LogP contribution in [-0.4, -0.2) is 28.3 Å². The first kappa shape index (κ1) is 10.5. The van der Waals surface area contributed by atoms with Gasteiger partial charge >= 0.3 is 0 Å². The third-order valence-electron chi connectivity index (χ3n) is 3.37. The molecule has 1 fully saturated rings. The molecule has 1 aliphatic rings. The summed E-state index contributed by atoms with van der Waals surface area (Å²) >= 11 is 0. The van der Waals surface area contributed by atoms with Gasteiger partial charge in [-0.25, -0.2) is 4.98 Å². The van der Waals surface area contributed by atoms with Gasteiger partial charge in [0.15, 0.2) is 6.29 Å². The van der Waals surface area contributed by atoms with Crippen molar-refractivity contribution in [2.45, 2.75) is 25.3 Å². The molecular formula is C13H15N3O. The molecule has 1 atom stereocenters. The first-order valence-electron chi connectivity index (χ1n) is 6.02. The molecular weight excluding hydrogens is 214 g/mol. The zero-order chi connectivity index (χ0) is 11.7. The van der Waals surface area contributed by atoms with Gasteiger partial charge in [-0.15, -0.1) is 0 Å². The molecule has 1 saturated heterocycles. The lowest BCUT2D eigenvalue weighted by Gasteiger charge is -2.09. The van der Waals surface area contributed by atoms with Gasteiger partial charge in [-0.2, -0.15) is 0 Å². The van der Waals surface area contributed by atoms with E-state index in [1.54, 1.807) is 0 Å². The third kappa shape index (κ3) is 1.85. The maximum atomic E-state index is 11.0. The molecule has 0 radical (unpaired) electrons. The van der Waals surface area contributed by atoms with Gasteiger partial charge in [0.1, 0.15) is 5.82 Å². The maximum absolute atomic E-state index is 11.0. The fourth-order valence-corrected chi connectivity index (χ4v) is 2.53. The van der Waals surface area contributed by atoms with Gasteiger partial charge in [0.2, 0.25) is 0 Å². The van der Waals surface area contributed by atoms with Gasteiger partial charge in [-0.05, 0) is 31.5 Å². The van der Waals surface area contributed by atoms with Crippen molar-refractivity contribution >= 4 is 11.8 Å². The SMILES string of the molecule is O=Cc1cccc2cnc(CC3CCCN3)n12. The molecule has 0 saturated carbocycles. The summed E-state index contributed by atoms with van der Waals surface area (Å²) in [5, 5.41) is 3.46. The number of aldehydes is 1. The highest BCUT2D eigenvalue weighted by Crippen LogP contribution is 2.15. The van der Waals surface area contributed by atoms with Gasteiger partial charge in [0.25, 0.3) is 0 Å². The van der Waals surface area contributed by atoms with Crippen molar-refractivity contribution in [3.63, 3.8) is 0 Å². The highest BCUT2D eigenvalue weighted by atomic mass is 16.1. The van der Waals surface area contributed by atoms with Gasteiger partial charge < -0.3 is 5.32 Å². The molecule has 3 heterocycles. The largest absolute Gasteiger partial charge is 0.314 e. The quantitative estimate of drug-likeness (QED) is 0.810. The number of pyridine rings is 1. The smallest absolute Gasteiger partial charge is 0.166 e. The summed E-state index contributed by atoms with van der Waals surface area (Å²) in [5.41, 5.74) is 1.66. The molecule has 3 rings (SSSR count). The van der Waals surface area contributed by atoms with Crippen LogP contribution in [0.3, 0.4) is 0 Å². The van der Waals surface area contributed by atoms with Gasteiger partial charge in [0.05, 0.1) is 17.4 Å². The van der Waals surface area contributed by atoms with Crippen molar-refractivity contribution < 1.29 is 4.79 Å². The van der Waals surface area contributed by atoms with Crippen molar-refractivity contribution in [2.24, 2.45) is 0 Å². The van der Waals surface area contributed by atoms with Crippen LogP contribution >= 0.6 is 0 Å². The molecule has 1 N–H and O–H groups in total. The molecule has 1 aliphatic heterocycles. The second kappa shape index (κ2) is 4.30. The van der Waals surface area contributed by atoms with Crippen molar-refractivity contribution in [2.75, 3.05) is 6.54 Å². The lowest BCUT2D eigenvalue weighted by molar-refractivity contribution is 0.111. The molecule has 1 unspecified atom stereocenters. The van der Waals surface area contributed by atoms with Gasteiger partial charge in [0, 0.05) is 12.5 Å². The van der Waals surface area contributed by atoms with Crippen LogP contribution in [0.2, 0.25) is 0 Å². The fourth-order valence-electron chi connectivity index (χ4n) is 2.53. The number of fused-ring (bicyclic) bond motifs is 1. The molecule has 0 bridgehead atoms. The minimum atomic E-state index is 0.500. The van der Waals surface area contributed by atoms with Crippen molar-refractivity contribution in [1.82, 2.24) is 14.7 Å². The first-order chi connectivity index (χ1) is 8.38. The second-order valence-corrected chi connectivity index (χ2v) is 4.50. The molecule has 0 aliphatic carbocycles. The van der Waals surface area contributed by atoms with E-state index in [1.807, 2.05) is 28.8 Å². The Kier molecular flexibility index (Phi) is 2.65. The van der Waals surface area contributed by atoms with Crippen LogP contribution in [0.1, 0.15) is 29.2 Å². The summed E-state index contributed by atoms with van der Waals surface area (Å²) in [5.74, 6) is 0.974. The van der Waals surface area contributed by atoms with E-state index < -0.39 is 0 Å². The lowest BCUT2D eigenvalue weighted by atomic mass is 10.1. The Balaban J connectivity index is 2.00. The fraction of sp³-hybridized carbons (Fsp3) is 0.385. The average molecular weight is 229 g/mol. The Morgan fingerprint density at radius 3 is 3.24 bits per heavy atom. The van der Waals surface area contributed by atoms with Crippen molar-refractivity contribution in [3.05, 3.63) is 35.9 Å². The maximum Gasteiger partial charge on any atom is 0.166 e. The topological polar surface area (TPSA) is 46.4 Å². The van der Waals surface area contributed by atoms with Crippen LogP contribution < -0.4 is 5.32 Å². The number of hydrogen-bond acceptors (Lipinski definition) is 3. The van der Waals surface area contributed by atoms with Crippen molar-refractivity contribution in [1.29, 1.82) is 0 Å².